The molecule has 3 saturated heterocycles. The van der Waals surface area contributed by atoms with Gasteiger partial charge in [0.25, 0.3) is 0 Å². The van der Waals surface area contributed by atoms with E-state index in [4.69, 9.17) is 0 Å². The Morgan fingerprint density at radius 3 is 2.62 bits per heavy atom. The van der Waals surface area contributed by atoms with Gasteiger partial charge in [-0.15, -0.1) is 12.4 Å². The quantitative estimate of drug-likeness (QED) is 0.825. The Bertz CT molecular complexity index is 352. The van der Waals surface area contributed by atoms with E-state index in [1.165, 1.54) is 19.5 Å². The van der Waals surface area contributed by atoms with Crippen LogP contribution in [0.3, 0.4) is 0 Å². The van der Waals surface area contributed by atoms with Crippen LogP contribution in [-0.4, -0.2) is 67.7 Å². The van der Waals surface area contributed by atoms with Crippen LogP contribution in [0.4, 0.5) is 4.79 Å². The molecule has 5 nitrogen and oxygen atoms in total. The molecule has 1 atom stereocenters. The van der Waals surface area contributed by atoms with Crippen molar-refractivity contribution < 1.29 is 4.79 Å². The second-order valence-electron chi connectivity index (χ2n) is 7.02. The molecule has 0 aliphatic carbocycles. The molecule has 0 aromatic rings. The van der Waals surface area contributed by atoms with Gasteiger partial charge in [-0.3, -0.25) is 0 Å². The molecule has 0 aromatic heterocycles. The Hall–Kier alpha value is -0.520. The number of rotatable bonds is 3. The van der Waals surface area contributed by atoms with E-state index >= 15 is 0 Å². The monoisotopic (exact) mass is 316 g/mol. The summed E-state index contributed by atoms with van der Waals surface area (Å²) in [5, 5.41) is 6.45. The van der Waals surface area contributed by atoms with Crippen molar-refractivity contribution in [2.45, 2.75) is 38.6 Å². The van der Waals surface area contributed by atoms with E-state index in [1.807, 2.05) is 0 Å². The molecule has 3 aliphatic heterocycles. The van der Waals surface area contributed by atoms with Gasteiger partial charge in [0.15, 0.2) is 0 Å². The number of halogens is 1. The first-order chi connectivity index (χ1) is 9.66. The van der Waals surface area contributed by atoms with Gasteiger partial charge in [-0.1, -0.05) is 6.92 Å². The zero-order valence-electron chi connectivity index (χ0n) is 13.1. The van der Waals surface area contributed by atoms with Gasteiger partial charge in [-0.05, 0) is 37.6 Å². The SMILES string of the molecule is CC1(CN2CCC(N3CCCNC3=O)CC2)CCNC1.Cl. The third kappa shape index (κ3) is 4.02. The molecule has 0 saturated carbocycles. The average Bonchev–Trinajstić information content (AvgIpc) is 2.87. The summed E-state index contributed by atoms with van der Waals surface area (Å²) in [5.74, 6) is 0. The highest BCUT2D eigenvalue weighted by Gasteiger charge is 2.34. The molecule has 1 unspecified atom stereocenters. The zero-order valence-corrected chi connectivity index (χ0v) is 13.9. The molecule has 2 amide bonds. The summed E-state index contributed by atoms with van der Waals surface area (Å²) >= 11 is 0. The maximum Gasteiger partial charge on any atom is 0.317 e. The van der Waals surface area contributed by atoms with Gasteiger partial charge in [0.05, 0.1) is 0 Å². The number of hydrogen-bond acceptors (Lipinski definition) is 3. The molecular formula is C15H29ClN4O. The number of amides is 2. The predicted molar refractivity (Wildman–Crippen MR) is 87.0 cm³/mol. The van der Waals surface area contributed by atoms with Gasteiger partial charge in [0, 0.05) is 45.3 Å². The van der Waals surface area contributed by atoms with Gasteiger partial charge < -0.3 is 20.4 Å². The van der Waals surface area contributed by atoms with Crippen molar-refractivity contribution in [3.8, 4) is 0 Å². The van der Waals surface area contributed by atoms with E-state index in [1.54, 1.807) is 0 Å². The highest BCUT2D eigenvalue weighted by Crippen LogP contribution is 2.28. The number of carbonyl (C=O) groups excluding carboxylic acids is 1. The minimum absolute atomic E-state index is 0. The van der Waals surface area contributed by atoms with E-state index in [9.17, 15) is 4.79 Å². The third-order valence-electron chi connectivity index (χ3n) is 5.17. The van der Waals surface area contributed by atoms with Crippen molar-refractivity contribution in [2.75, 3.05) is 45.8 Å². The summed E-state index contributed by atoms with van der Waals surface area (Å²) in [7, 11) is 0. The number of carbonyl (C=O) groups is 1. The highest BCUT2D eigenvalue weighted by atomic mass is 35.5. The molecule has 122 valence electrons. The lowest BCUT2D eigenvalue weighted by Crippen LogP contribution is -2.54. The summed E-state index contributed by atoms with van der Waals surface area (Å²) in [4.78, 5) is 16.6. The fourth-order valence-corrected chi connectivity index (χ4v) is 3.93. The van der Waals surface area contributed by atoms with E-state index in [0.717, 1.165) is 52.0 Å². The van der Waals surface area contributed by atoms with Crippen LogP contribution < -0.4 is 10.6 Å². The minimum atomic E-state index is 0. The number of nitrogens with zero attached hydrogens (tertiary/aromatic N) is 2. The van der Waals surface area contributed by atoms with Gasteiger partial charge in [0.2, 0.25) is 0 Å². The molecule has 3 rings (SSSR count). The molecule has 3 fully saturated rings. The Morgan fingerprint density at radius 2 is 2.00 bits per heavy atom. The van der Waals surface area contributed by atoms with Crippen LogP contribution in [-0.2, 0) is 0 Å². The molecule has 21 heavy (non-hydrogen) atoms. The average molecular weight is 317 g/mol. The molecule has 0 bridgehead atoms. The first-order valence-corrected chi connectivity index (χ1v) is 8.14. The molecule has 3 aliphatic rings. The van der Waals surface area contributed by atoms with Crippen LogP contribution in [0.5, 0.6) is 0 Å². The van der Waals surface area contributed by atoms with E-state index in [-0.39, 0.29) is 18.4 Å². The highest BCUT2D eigenvalue weighted by molar-refractivity contribution is 5.85. The summed E-state index contributed by atoms with van der Waals surface area (Å²) < 4.78 is 0. The molecule has 0 aromatic carbocycles. The predicted octanol–water partition coefficient (Wildman–Crippen LogP) is 1.29. The number of hydrogen-bond donors (Lipinski definition) is 2. The summed E-state index contributed by atoms with van der Waals surface area (Å²) in [6.07, 6.45) is 4.66. The van der Waals surface area contributed by atoms with Gasteiger partial charge in [-0.2, -0.15) is 0 Å². The Morgan fingerprint density at radius 1 is 1.24 bits per heavy atom. The lowest BCUT2D eigenvalue weighted by atomic mass is 9.88. The van der Waals surface area contributed by atoms with Crippen LogP contribution in [0.25, 0.3) is 0 Å². The van der Waals surface area contributed by atoms with Crippen LogP contribution in [0, 0.1) is 5.41 Å². The molecule has 0 radical (unpaired) electrons. The third-order valence-corrected chi connectivity index (χ3v) is 5.17. The van der Waals surface area contributed by atoms with Crippen molar-refractivity contribution in [1.29, 1.82) is 0 Å². The van der Waals surface area contributed by atoms with Crippen LogP contribution in [0.15, 0.2) is 0 Å². The smallest absolute Gasteiger partial charge is 0.317 e. The van der Waals surface area contributed by atoms with Gasteiger partial charge >= 0.3 is 6.03 Å². The lowest BCUT2D eigenvalue weighted by Gasteiger charge is -2.42. The van der Waals surface area contributed by atoms with E-state index in [2.05, 4.69) is 27.4 Å². The van der Waals surface area contributed by atoms with Gasteiger partial charge in [-0.25, -0.2) is 4.79 Å². The number of urea groups is 1. The van der Waals surface area contributed by atoms with Crippen LogP contribution >= 0.6 is 12.4 Å². The summed E-state index contributed by atoms with van der Waals surface area (Å²) in [6.45, 7) is 10.0. The Kier molecular flexibility index (Phi) is 5.74. The fraction of sp³-hybridized carbons (Fsp3) is 0.933. The molecular weight excluding hydrogens is 288 g/mol. The van der Waals surface area contributed by atoms with Crippen molar-refractivity contribution in [3.05, 3.63) is 0 Å². The van der Waals surface area contributed by atoms with Crippen molar-refractivity contribution in [1.82, 2.24) is 20.4 Å². The van der Waals surface area contributed by atoms with Crippen LogP contribution in [0.2, 0.25) is 0 Å². The first-order valence-electron chi connectivity index (χ1n) is 8.14. The fourth-order valence-electron chi connectivity index (χ4n) is 3.93. The van der Waals surface area contributed by atoms with Gasteiger partial charge in [0.1, 0.15) is 0 Å². The van der Waals surface area contributed by atoms with Crippen molar-refractivity contribution in [2.24, 2.45) is 5.41 Å². The van der Waals surface area contributed by atoms with Crippen LogP contribution in [0.1, 0.15) is 32.6 Å². The first kappa shape index (κ1) is 16.8. The second-order valence-corrected chi connectivity index (χ2v) is 7.02. The molecule has 6 heteroatoms. The van der Waals surface area contributed by atoms with E-state index in [0.29, 0.717) is 11.5 Å². The van der Waals surface area contributed by atoms with Crippen molar-refractivity contribution in [3.63, 3.8) is 0 Å². The number of piperidine rings is 1. The maximum absolute atomic E-state index is 11.9. The maximum atomic E-state index is 11.9. The molecule has 0 spiro atoms. The summed E-state index contributed by atoms with van der Waals surface area (Å²) in [5.41, 5.74) is 0.454. The molecule has 2 N–H and O–H groups in total. The number of likely N-dealkylation sites (tertiary alicyclic amines) is 1. The standard InChI is InChI=1S/C15H28N4O.ClH/c1-15(5-7-16-11-15)12-18-9-3-13(4-10-18)19-8-2-6-17-14(19)20;/h13,16H,2-12H2,1H3,(H,17,20);1H. The van der Waals surface area contributed by atoms with Crippen molar-refractivity contribution >= 4 is 18.4 Å². The zero-order chi connectivity index (χ0) is 14.0. The minimum Gasteiger partial charge on any atom is -0.338 e. The second kappa shape index (κ2) is 7.16. The molecule has 3 heterocycles. The lowest BCUT2D eigenvalue weighted by molar-refractivity contribution is 0.0909. The Balaban J connectivity index is 0.00000161. The largest absolute Gasteiger partial charge is 0.338 e. The Labute approximate surface area is 134 Å². The van der Waals surface area contributed by atoms with E-state index < -0.39 is 0 Å². The normalized spacial score (nSPS) is 31.9. The summed E-state index contributed by atoms with van der Waals surface area (Å²) in [6, 6.07) is 0.614. The topological polar surface area (TPSA) is 47.6 Å². The number of nitrogens with one attached hydrogen (secondary N) is 2.